The first-order valence-electron chi connectivity index (χ1n) is 6.28. The van der Waals surface area contributed by atoms with Crippen molar-refractivity contribution in [3.05, 3.63) is 82.4 Å². The van der Waals surface area contributed by atoms with Crippen molar-refractivity contribution in [1.82, 2.24) is 0 Å². The summed E-state index contributed by atoms with van der Waals surface area (Å²) >= 11 is 11.9. The number of Topliss-reactive ketones (excluding diaryl/α,β-unsaturated/α-hetero) is 1. The van der Waals surface area contributed by atoms with Gasteiger partial charge in [0.15, 0.2) is 5.78 Å². The van der Waals surface area contributed by atoms with Gasteiger partial charge in [0, 0.05) is 15.6 Å². The molecule has 0 aliphatic heterocycles. The summed E-state index contributed by atoms with van der Waals surface area (Å²) in [7, 11) is 0. The summed E-state index contributed by atoms with van der Waals surface area (Å²) in [5.74, 6) is -0.226. The summed E-state index contributed by atoms with van der Waals surface area (Å²) in [5.41, 5.74) is 1.54. The van der Waals surface area contributed by atoms with Crippen molar-refractivity contribution in [2.24, 2.45) is 0 Å². The zero-order valence-corrected chi connectivity index (χ0v) is 12.4. The van der Waals surface area contributed by atoms with Crippen molar-refractivity contribution in [2.75, 3.05) is 0 Å². The van der Waals surface area contributed by atoms with Crippen LogP contribution in [0.5, 0.6) is 0 Å². The number of ketones is 1. The molecule has 0 saturated carbocycles. The normalized spacial score (nSPS) is 11.9. The largest absolute Gasteiger partial charge is 0.293 e. The number of carbonyl (C=O) groups is 1. The van der Waals surface area contributed by atoms with E-state index in [1.807, 2.05) is 18.2 Å². The molecule has 2 rings (SSSR count). The van der Waals surface area contributed by atoms with Crippen molar-refractivity contribution < 1.29 is 4.79 Å². The van der Waals surface area contributed by atoms with Gasteiger partial charge >= 0.3 is 0 Å². The number of benzene rings is 2. The summed E-state index contributed by atoms with van der Waals surface area (Å²) in [6, 6.07) is 14.3. The minimum atomic E-state index is -0.271. The van der Waals surface area contributed by atoms with Crippen LogP contribution in [0.1, 0.15) is 28.3 Å². The molecule has 1 atom stereocenters. The highest BCUT2D eigenvalue weighted by atomic mass is 35.5. The van der Waals surface area contributed by atoms with Gasteiger partial charge in [-0.3, -0.25) is 4.79 Å². The molecule has 0 aliphatic carbocycles. The Labute approximate surface area is 128 Å². The van der Waals surface area contributed by atoms with Crippen LogP contribution in [0.25, 0.3) is 0 Å². The average Bonchev–Trinajstić information content (AvgIpc) is 2.45. The van der Waals surface area contributed by atoms with Crippen LogP contribution < -0.4 is 0 Å². The molecule has 102 valence electrons. The summed E-state index contributed by atoms with van der Waals surface area (Å²) in [6.07, 6.45) is 2.32. The number of hydrogen-bond acceptors (Lipinski definition) is 1. The highest BCUT2D eigenvalue weighted by Gasteiger charge is 2.21. The van der Waals surface area contributed by atoms with Gasteiger partial charge in [0.05, 0.1) is 5.92 Å². The van der Waals surface area contributed by atoms with Crippen LogP contribution in [0.3, 0.4) is 0 Å². The minimum Gasteiger partial charge on any atom is -0.293 e. The Hall–Kier alpha value is -1.57. The molecule has 0 unspecified atom stereocenters. The molecule has 2 aromatic carbocycles. The van der Waals surface area contributed by atoms with Crippen LogP contribution >= 0.6 is 23.2 Å². The van der Waals surface area contributed by atoms with E-state index in [-0.39, 0.29) is 11.7 Å². The number of halogens is 2. The van der Waals surface area contributed by atoms with Crippen LogP contribution in [0.2, 0.25) is 10.0 Å². The van der Waals surface area contributed by atoms with Gasteiger partial charge in [0.2, 0.25) is 0 Å². The Bertz CT molecular complexity index is 617. The fraction of sp³-hybridized carbons (Fsp3) is 0.118. The van der Waals surface area contributed by atoms with Gasteiger partial charge in [0.1, 0.15) is 0 Å². The Balaban J connectivity index is 2.35. The maximum Gasteiger partial charge on any atom is 0.170 e. The van der Waals surface area contributed by atoms with Crippen LogP contribution in [-0.4, -0.2) is 5.78 Å². The third-order valence-electron chi connectivity index (χ3n) is 3.10. The lowest BCUT2D eigenvalue weighted by molar-refractivity contribution is 0.0960. The first kappa shape index (κ1) is 14.8. The van der Waals surface area contributed by atoms with Gasteiger partial charge in [-0.2, -0.15) is 0 Å². The van der Waals surface area contributed by atoms with E-state index >= 15 is 0 Å². The van der Waals surface area contributed by atoms with E-state index in [0.29, 0.717) is 22.0 Å². The highest BCUT2D eigenvalue weighted by Crippen LogP contribution is 2.27. The molecule has 0 radical (unpaired) electrons. The predicted octanol–water partition coefficient (Wildman–Crippen LogP) is 5.54. The lowest BCUT2D eigenvalue weighted by atomic mass is 9.88. The zero-order chi connectivity index (χ0) is 14.5. The molecule has 0 aliphatic rings. The predicted molar refractivity (Wildman–Crippen MR) is 84.8 cm³/mol. The first-order chi connectivity index (χ1) is 9.61. The van der Waals surface area contributed by atoms with E-state index in [1.54, 1.807) is 36.4 Å². The molecular formula is C17H14Cl2O. The van der Waals surface area contributed by atoms with Crippen molar-refractivity contribution in [3.63, 3.8) is 0 Å². The van der Waals surface area contributed by atoms with E-state index in [2.05, 4.69) is 6.58 Å². The van der Waals surface area contributed by atoms with Gasteiger partial charge in [-0.25, -0.2) is 0 Å². The van der Waals surface area contributed by atoms with Crippen LogP contribution in [-0.2, 0) is 0 Å². The molecule has 2 aromatic rings. The third kappa shape index (κ3) is 3.50. The van der Waals surface area contributed by atoms with E-state index in [0.717, 1.165) is 5.56 Å². The number of hydrogen-bond donors (Lipinski definition) is 0. The highest BCUT2D eigenvalue weighted by molar-refractivity contribution is 6.31. The van der Waals surface area contributed by atoms with Gasteiger partial charge < -0.3 is 0 Å². The number of allylic oxidation sites excluding steroid dienone is 1. The molecule has 0 spiro atoms. The fourth-order valence-electron chi connectivity index (χ4n) is 2.10. The summed E-state index contributed by atoms with van der Waals surface area (Å²) in [4.78, 5) is 12.6. The van der Waals surface area contributed by atoms with Crippen LogP contribution in [0.15, 0.2) is 61.2 Å². The summed E-state index contributed by atoms with van der Waals surface area (Å²) in [6.45, 7) is 3.73. The maximum absolute atomic E-state index is 12.6. The topological polar surface area (TPSA) is 17.1 Å². The second kappa shape index (κ2) is 6.74. The Kier molecular flexibility index (Phi) is 4.99. The Morgan fingerprint density at radius 2 is 1.80 bits per heavy atom. The second-order valence-electron chi connectivity index (χ2n) is 4.50. The lowest BCUT2D eigenvalue weighted by Gasteiger charge is -2.15. The van der Waals surface area contributed by atoms with Crippen molar-refractivity contribution in [3.8, 4) is 0 Å². The molecule has 0 bridgehead atoms. The van der Waals surface area contributed by atoms with Gasteiger partial charge in [-0.05, 0) is 48.4 Å². The zero-order valence-electron chi connectivity index (χ0n) is 10.9. The van der Waals surface area contributed by atoms with Gasteiger partial charge in [-0.15, -0.1) is 6.58 Å². The average molecular weight is 305 g/mol. The maximum atomic E-state index is 12.6. The quantitative estimate of drug-likeness (QED) is 0.524. The van der Waals surface area contributed by atoms with Gasteiger partial charge in [0.25, 0.3) is 0 Å². The first-order valence-corrected chi connectivity index (χ1v) is 7.03. The molecule has 3 heteroatoms. The van der Waals surface area contributed by atoms with E-state index in [4.69, 9.17) is 23.2 Å². The summed E-state index contributed by atoms with van der Waals surface area (Å²) in [5, 5.41) is 1.24. The standard InChI is InChI=1S/C17H14Cl2O/c1-2-4-16(13-5-3-6-15(19)11-13)17(20)12-7-9-14(18)10-8-12/h2-3,5-11,16H,1,4H2/t16-/m0/s1. The van der Waals surface area contributed by atoms with Gasteiger partial charge in [-0.1, -0.05) is 41.4 Å². The van der Waals surface area contributed by atoms with E-state index < -0.39 is 0 Å². The molecule has 0 fully saturated rings. The monoisotopic (exact) mass is 304 g/mol. The molecule has 0 N–H and O–H groups in total. The molecular weight excluding hydrogens is 291 g/mol. The van der Waals surface area contributed by atoms with E-state index in [9.17, 15) is 4.79 Å². The molecule has 0 aromatic heterocycles. The molecule has 0 heterocycles. The molecule has 0 amide bonds. The van der Waals surface area contributed by atoms with Crippen molar-refractivity contribution in [1.29, 1.82) is 0 Å². The van der Waals surface area contributed by atoms with Crippen molar-refractivity contribution in [2.45, 2.75) is 12.3 Å². The Morgan fingerprint density at radius 1 is 1.10 bits per heavy atom. The van der Waals surface area contributed by atoms with Crippen LogP contribution in [0, 0.1) is 0 Å². The summed E-state index contributed by atoms with van der Waals surface area (Å²) < 4.78 is 0. The fourth-order valence-corrected chi connectivity index (χ4v) is 2.42. The smallest absolute Gasteiger partial charge is 0.170 e. The van der Waals surface area contributed by atoms with Crippen LogP contribution in [0.4, 0.5) is 0 Å². The minimum absolute atomic E-state index is 0.0452. The third-order valence-corrected chi connectivity index (χ3v) is 3.59. The number of rotatable bonds is 5. The Morgan fingerprint density at radius 3 is 2.40 bits per heavy atom. The second-order valence-corrected chi connectivity index (χ2v) is 5.38. The van der Waals surface area contributed by atoms with Crippen molar-refractivity contribution >= 4 is 29.0 Å². The van der Waals surface area contributed by atoms with E-state index in [1.165, 1.54) is 0 Å². The SMILES string of the molecule is C=CC[C@H](C(=O)c1ccc(Cl)cc1)c1cccc(Cl)c1. The molecule has 1 nitrogen and oxygen atoms in total. The lowest BCUT2D eigenvalue weighted by Crippen LogP contribution is -2.12. The molecule has 0 saturated heterocycles. The molecule has 20 heavy (non-hydrogen) atoms. The number of carbonyl (C=O) groups excluding carboxylic acids is 1.